The second-order valence-corrected chi connectivity index (χ2v) is 5.24. The lowest BCUT2D eigenvalue weighted by Crippen LogP contribution is -2.04. The van der Waals surface area contributed by atoms with Gasteiger partial charge in [-0.3, -0.25) is 0 Å². The van der Waals surface area contributed by atoms with Gasteiger partial charge in [-0.2, -0.15) is 4.98 Å². The lowest BCUT2D eigenvalue weighted by atomic mass is 10.2. The average Bonchev–Trinajstić information content (AvgIpc) is 2.23. The molecule has 0 atom stereocenters. The summed E-state index contributed by atoms with van der Waals surface area (Å²) in [7, 11) is 0. The molecule has 1 aromatic heterocycles. The van der Waals surface area contributed by atoms with Crippen molar-refractivity contribution in [3.8, 4) is 0 Å². The van der Waals surface area contributed by atoms with Crippen LogP contribution in [0, 0.1) is 13.8 Å². The Balaban J connectivity index is 2.39. The predicted octanol–water partition coefficient (Wildman–Crippen LogP) is 3.84. The number of nitrogen functional groups attached to an aromatic ring is 1. The zero-order valence-corrected chi connectivity index (χ0v) is 12.3. The molecule has 0 amide bonds. The first-order valence-electron chi connectivity index (χ1n) is 5.29. The molecule has 0 fully saturated rings. The highest BCUT2D eigenvalue weighted by Crippen LogP contribution is 2.26. The molecule has 0 aliphatic heterocycles. The molecule has 0 aliphatic rings. The maximum absolute atomic E-state index is 5.92. The number of aryl methyl sites for hydroxylation is 2. The molecule has 2 aromatic rings. The summed E-state index contributed by atoms with van der Waals surface area (Å²) < 4.78 is 0.987. The number of nitrogens with zero attached hydrogens (tertiary/aromatic N) is 2. The fourth-order valence-corrected chi connectivity index (χ4v) is 2.41. The Morgan fingerprint density at radius 2 is 1.94 bits per heavy atom. The minimum absolute atomic E-state index is 0.177. The largest absolute Gasteiger partial charge is 0.394 e. The van der Waals surface area contributed by atoms with E-state index in [2.05, 4.69) is 31.2 Å². The topological polar surface area (TPSA) is 63.8 Å². The summed E-state index contributed by atoms with van der Waals surface area (Å²) in [5.41, 5.74) is 9.09. The van der Waals surface area contributed by atoms with Crippen molar-refractivity contribution in [1.82, 2.24) is 9.97 Å². The molecule has 0 radical (unpaired) electrons. The molecule has 0 saturated heterocycles. The molecule has 0 bridgehead atoms. The lowest BCUT2D eigenvalue weighted by molar-refractivity contribution is 1.11. The fraction of sp³-hybridized carbons (Fsp3) is 0.167. The monoisotopic (exact) mass is 326 g/mol. The number of aromatic nitrogens is 2. The van der Waals surface area contributed by atoms with E-state index in [1.165, 1.54) is 0 Å². The van der Waals surface area contributed by atoms with Gasteiger partial charge in [0.2, 0.25) is 5.28 Å². The number of halogens is 2. The van der Waals surface area contributed by atoms with Crippen molar-refractivity contribution in [2.75, 3.05) is 11.1 Å². The number of nitrogens with two attached hydrogens (primary N) is 1. The smallest absolute Gasteiger partial charge is 0.224 e. The Labute approximate surface area is 119 Å². The summed E-state index contributed by atoms with van der Waals surface area (Å²) in [6, 6.07) is 5.96. The van der Waals surface area contributed by atoms with Crippen LogP contribution in [0.5, 0.6) is 0 Å². The van der Waals surface area contributed by atoms with Crippen molar-refractivity contribution in [2.24, 2.45) is 0 Å². The molecular formula is C12H12BrClN4. The van der Waals surface area contributed by atoms with Crippen molar-refractivity contribution in [3.63, 3.8) is 0 Å². The van der Waals surface area contributed by atoms with Crippen LogP contribution < -0.4 is 11.1 Å². The molecule has 0 saturated carbocycles. The SMILES string of the molecule is Cc1cc(Br)cc(Nc2nc(Cl)nc(C)c2N)c1. The zero-order valence-electron chi connectivity index (χ0n) is 9.96. The molecule has 1 aromatic carbocycles. The normalized spacial score (nSPS) is 10.4. The van der Waals surface area contributed by atoms with Crippen molar-refractivity contribution < 1.29 is 0 Å². The summed E-state index contributed by atoms with van der Waals surface area (Å²) in [6.07, 6.45) is 0. The van der Waals surface area contributed by atoms with Crippen molar-refractivity contribution in [3.05, 3.63) is 39.2 Å². The Kier molecular flexibility index (Phi) is 3.73. The van der Waals surface area contributed by atoms with Gasteiger partial charge < -0.3 is 11.1 Å². The highest BCUT2D eigenvalue weighted by molar-refractivity contribution is 9.10. The van der Waals surface area contributed by atoms with E-state index in [0.29, 0.717) is 17.2 Å². The summed E-state index contributed by atoms with van der Waals surface area (Å²) in [6.45, 7) is 3.80. The Morgan fingerprint density at radius 1 is 1.22 bits per heavy atom. The Morgan fingerprint density at radius 3 is 2.61 bits per heavy atom. The van der Waals surface area contributed by atoms with E-state index < -0.39 is 0 Å². The minimum Gasteiger partial charge on any atom is -0.394 e. The summed E-state index contributed by atoms with van der Waals surface area (Å²) in [5.74, 6) is 0.519. The van der Waals surface area contributed by atoms with Crippen molar-refractivity contribution >= 4 is 44.7 Å². The zero-order chi connectivity index (χ0) is 13.3. The van der Waals surface area contributed by atoms with Crippen molar-refractivity contribution in [2.45, 2.75) is 13.8 Å². The van der Waals surface area contributed by atoms with Gasteiger partial charge in [-0.25, -0.2) is 4.98 Å². The number of hydrogen-bond acceptors (Lipinski definition) is 4. The molecule has 94 valence electrons. The fourth-order valence-electron chi connectivity index (χ4n) is 1.59. The molecule has 6 heteroatoms. The first-order chi connectivity index (χ1) is 8.45. The summed E-state index contributed by atoms with van der Waals surface area (Å²) in [5, 5.41) is 3.32. The van der Waals surface area contributed by atoms with Gasteiger partial charge >= 0.3 is 0 Å². The molecule has 0 unspecified atom stereocenters. The molecule has 18 heavy (non-hydrogen) atoms. The number of hydrogen-bond donors (Lipinski definition) is 2. The second kappa shape index (κ2) is 5.12. The van der Waals surface area contributed by atoms with Gasteiger partial charge in [0.05, 0.1) is 11.4 Å². The third-order valence-corrected chi connectivity index (χ3v) is 3.04. The number of anilines is 3. The summed E-state index contributed by atoms with van der Waals surface area (Å²) >= 11 is 9.27. The number of nitrogens with one attached hydrogen (secondary N) is 1. The van der Waals surface area contributed by atoms with Gasteiger partial charge in [-0.05, 0) is 49.2 Å². The molecule has 0 aliphatic carbocycles. The Bertz CT molecular complexity index is 581. The molecule has 2 rings (SSSR count). The maximum Gasteiger partial charge on any atom is 0.224 e. The first-order valence-corrected chi connectivity index (χ1v) is 6.46. The number of rotatable bonds is 2. The third kappa shape index (κ3) is 2.91. The second-order valence-electron chi connectivity index (χ2n) is 3.98. The van der Waals surface area contributed by atoms with Gasteiger partial charge in [-0.15, -0.1) is 0 Å². The summed E-state index contributed by atoms with van der Waals surface area (Å²) in [4.78, 5) is 8.08. The van der Waals surface area contributed by atoms with Gasteiger partial charge in [0.15, 0.2) is 5.82 Å². The van der Waals surface area contributed by atoms with Crippen LogP contribution in [0.2, 0.25) is 5.28 Å². The third-order valence-electron chi connectivity index (χ3n) is 2.41. The van der Waals surface area contributed by atoms with E-state index in [1.54, 1.807) is 6.92 Å². The van der Waals surface area contributed by atoms with Crippen LogP contribution >= 0.6 is 27.5 Å². The van der Waals surface area contributed by atoms with Crippen LogP contribution in [-0.2, 0) is 0 Å². The molecule has 3 N–H and O–H groups in total. The van der Waals surface area contributed by atoms with Crippen LogP contribution in [0.4, 0.5) is 17.2 Å². The van der Waals surface area contributed by atoms with Crippen LogP contribution in [-0.4, -0.2) is 9.97 Å². The first kappa shape index (κ1) is 13.1. The van der Waals surface area contributed by atoms with Crippen LogP contribution in [0.25, 0.3) is 0 Å². The van der Waals surface area contributed by atoms with E-state index in [9.17, 15) is 0 Å². The molecule has 4 nitrogen and oxygen atoms in total. The van der Waals surface area contributed by atoms with Crippen molar-refractivity contribution in [1.29, 1.82) is 0 Å². The van der Waals surface area contributed by atoms with Crippen LogP contribution in [0.3, 0.4) is 0 Å². The van der Waals surface area contributed by atoms with Gasteiger partial charge in [0, 0.05) is 10.2 Å². The van der Waals surface area contributed by atoms with E-state index in [-0.39, 0.29) is 5.28 Å². The van der Waals surface area contributed by atoms with Crippen LogP contribution in [0.1, 0.15) is 11.3 Å². The Hall–Kier alpha value is -1.33. The van der Waals surface area contributed by atoms with Gasteiger partial charge in [-0.1, -0.05) is 15.9 Å². The van der Waals surface area contributed by atoms with E-state index in [4.69, 9.17) is 17.3 Å². The lowest BCUT2D eigenvalue weighted by Gasteiger charge is -2.11. The quantitative estimate of drug-likeness (QED) is 0.823. The minimum atomic E-state index is 0.177. The highest BCUT2D eigenvalue weighted by Gasteiger charge is 2.08. The molecule has 1 heterocycles. The van der Waals surface area contributed by atoms with E-state index >= 15 is 0 Å². The number of benzene rings is 1. The molecular weight excluding hydrogens is 316 g/mol. The highest BCUT2D eigenvalue weighted by atomic mass is 79.9. The average molecular weight is 328 g/mol. The maximum atomic E-state index is 5.92. The van der Waals surface area contributed by atoms with E-state index in [1.807, 2.05) is 25.1 Å². The molecule has 0 spiro atoms. The predicted molar refractivity (Wildman–Crippen MR) is 78.4 cm³/mol. The van der Waals surface area contributed by atoms with Crippen LogP contribution in [0.15, 0.2) is 22.7 Å². The standard InChI is InChI=1S/C12H12BrClN4/c1-6-3-8(13)5-9(4-6)17-11-10(15)7(2)16-12(14)18-11/h3-5H,15H2,1-2H3,(H,16,17,18). The van der Waals surface area contributed by atoms with Gasteiger partial charge in [0.25, 0.3) is 0 Å². The van der Waals surface area contributed by atoms with Gasteiger partial charge in [0.1, 0.15) is 0 Å². The van der Waals surface area contributed by atoms with E-state index in [0.717, 1.165) is 15.7 Å².